The first-order valence-corrected chi connectivity index (χ1v) is 11.6. The van der Waals surface area contributed by atoms with E-state index in [0.717, 1.165) is 22.3 Å². The predicted molar refractivity (Wildman–Crippen MR) is 122 cm³/mol. The number of rotatable bonds is 7. The normalized spacial score (nSPS) is 23.3. The number of benzene rings is 2. The number of carbonyl (C=O) groups excluding carboxylic acids is 2. The summed E-state index contributed by atoms with van der Waals surface area (Å²) >= 11 is 0. The molecule has 2 aromatic rings. The zero-order valence-electron chi connectivity index (χ0n) is 18.6. The average Bonchev–Trinajstić information content (AvgIpc) is 3.45. The Balaban J connectivity index is 1.26. The first-order chi connectivity index (χ1) is 15.9. The predicted octanol–water partition coefficient (Wildman–Crippen LogP) is 3.77. The minimum Gasteiger partial charge on any atom is -0.479 e. The van der Waals surface area contributed by atoms with Crippen molar-refractivity contribution in [3.05, 3.63) is 59.7 Å². The number of fused-ring (bicyclic) bond motifs is 4. The number of hydrogen-bond acceptors (Lipinski definition) is 4. The van der Waals surface area contributed by atoms with Crippen LogP contribution in [0.4, 0.5) is 4.79 Å². The molecule has 0 spiro atoms. The molecule has 0 unspecified atom stereocenters. The number of carboxylic acids is 1. The van der Waals surface area contributed by atoms with Crippen LogP contribution >= 0.6 is 0 Å². The van der Waals surface area contributed by atoms with Gasteiger partial charge < -0.3 is 20.1 Å². The average molecular weight is 449 g/mol. The first kappa shape index (κ1) is 21.5. The lowest BCUT2D eigenvalue weighted by Crippen LogP contribution is -2.58. The van der Waals surface area contributed by atoms with Gasteiger partial charge in [-0.25, -0.2) is 9.59 Å². The number of carbonyl (C=O) groups is 3. The second kappa shape index (κ2) is 8.21. The Morgan fingerprint density at radius 2 is 1.70 bits per heavy atom. The number of nitrogens with zero attached hydrogens (tertiary/aromatic N) is 1. The summed E-state index contributed by atoms with van der Waals surface area (Å²) in [4.78, 5) is 39.2. The summed E-state index contributed by atoms with van der Waals surface area (Å²) in [6.45, 7) is 2.53. The molecule has 7 heteroatoms. The van der Waals surface area contributed by atoms with Gasteiger partial charge >= 0.3 is 12.1 Å². The third-order valence-electron chi connectivity index (χ3n) is 7.39. The SMILES string of the molecule is CCC[C@H](NC(=O)OCC1c2ccccc2-c2ccccc21)C(=O)N1CC2CC1(C(=O)O)C2. The second-order valence-electron chi connectivity index (χ2n) is 9.37. The third-order valence-corrected chi connectivity index (χ3v) is 7.39. The molecule has 33 heavy (non-hydrogen) atoms. The van der Waals surface area contributed by atoms with E-state index in [9.17, 15) is 19.5 Å². The smallest absolute Gasteiger partial charge is 0.407 e. The van der Waals surface area contributed by atoms with Crippen LogP contribution < -0.4 is 5.32 Å². The van der Waals surface area contributed by atoms with Crippen LogP contribution in [0.25, 0.3) is 11.1 Å². The molecular formula is C26H28N2O5. The molecule has 7 nitrogen and oxygen atoms in total. The van der Waals surface area contributed by atoms with Crippen LogP contribution in [0.2, 0.25) is 0 Å². The van der Waals surface area contributed by atoms with Crippen molar-refractivity contribution in [3.63, 3.8) is 0 Å². The van der Waals surface area contributed by atoms with Crippen molar-refractivity contribution >= 4 is 18.0 Å². The Bertz CT molecular complexity index is 1060. The summed E-state index contributed by atoms with van der Waals surface area (Å²) in [5.74, 6) is -1.11. The number of alkyl carbamates (subject to hydrolysis) is 1. The molecule has 2 bridgehead atoms. The Labute approximate surface area is 192 Å². The Morgan fingerprint density at radius 3 is 2.27 bits per heavy atom. The summed E-state index contributed by atoms with van der Waals surface area (Å²) in [6.07, 6.45) is 1.45. The summed E-state index contributed by atoms with van der Waals surface area (Å²) in [6, 6.07) is 15.4. The number of aliphatic carboxylic acids is 1. The molecule has 2 N–H and O–H groups in total. The van der Waals surface area contributed by atoms with Crippen molar-refractivity contribution in [2.45, 2.75) is 50.1 Å². The van der Waals surface area contributed by atoms with Gasteiger partial charge in [-0.15, -0.1) is 0 Å². The standard InChI is InChI=1S/C26H28N2O5/c1-2-7-22(23(29)28-14-16-12-26(28,13-16)24(30)31)27-25(32)33-15-21-19-10-5-3-8-17(19)18-9-4-6-11-20(18)21/h3-6,8-11,16,21-22H,2,7,12-15H2,1H3,(H,27,32)(H,30,31)/t16?,22-,26?/m0/s1. The van der Waals surface area contributed by atoms with Crippen molar-refractivity contribution in [3.8, 4) is 11.1 Å². The molecule has 3 fully saturated rings. The Kier molecular flexibility index (Phi) is 5.35. The van der Waals surface area contributed by atoms with Gasteiger partial charge in [0.05, 0.1) is 0 Å². The Morgan fingerprint density at radius 1 is 1.09 bits per heavy atom. The van der Waals surface area contributed by atoms with E-state index < -0.39 is 23.6 Å². The minimum absolute atomic E-state index is 0.0652. The van der Waals surface area contributed by atoms with E-state index >= 15 is 0 Å². The lowest BCUT2D eigenvalue weighted by Gasteiger charge is -2.39. The molecule has 2 saturated heterocycles. The lowest BCUT2D eigenvalue weighted by atomic mass is 9.73. The minimum atomic E-state index is -1.10. The second-order valence-corrected chi connectivity index (χ2v) is 9.37. The summed E-state index contributed by atoms with van der Waals surface area (Å²) < 4.78 is 5.60. The van der Waals surface area contributed by atoms with Gasteiger partial charge in [-0.3, -0.25) is 4.79 Å². The fourth-order valence-electron chi connectivity index (χ4n) is 5.79. The quantitative estimate of drug-likeness (QED) is 0.672. The van der Waals surface area contributed by atoms with Crippen molar-refractivity contribution in [2.75, 3.05) is 13.2 Å². The van der Waals surface area contributed by atoms with Gasteiger partial charge in [-0.1, -0.05) is 61.9 Å². The van der Waals surface area contributed by atoms with E-state index in [1.54, 1.807) is 0 Å². The van der Waals surface area contributed by atoms with Gasteiger partial charge in [0.25, 0.3) is 0 Å². The molecule has 2 heterocycles. The molecule has 2 amide bonds. The highest BCUT2D eigenvalue weighted by Gasteiger charge is 2.63. The molecular weight excluding hydrogens is 420 g/mol. The van der Waals surface area contributed by atoms with Crippen molar-refractivity contribution in [1.29, 1.82) is 0 Å². The molecule has 2 aliphatic carbocycles. The lowest BCUT2D eigenvalue weighted by molar-refractivity contribution is -0.159. The number of hydrogen-bond donors (Lipinski definition) is 2. The van der Waals surface area contributed by atoms with Crippen molar-refractivity contribution in [1.82, 2.24) is 10.2 Å². The number of nitrogens with one attached hydrogen (secondary N) is 1. The summed E-state index contributed by atoms with van der Waals surface area (Å²) in [7, 11) is 0. The number of carboxylic acid groups (broad SMARTS) is 1. The van der Waals surface area contributed by atoms with Crippen LogP contribution in [0, 0.1) is 5.92 Å². The largest absolute Gasteiger partial charge is 0.479 e. The van der Waals surface area contributed by atoms with Gasteiger partial charge in [-0.05, 0) is 47.4 Å². The molecule has 0 radical (unpaired) electrons. The van der Waals surface area contributed by atoms with Gasteiger partial charge in [0.15, 0.2) is 0 Å². The topological polar surface area (TPSA) is 95.9 Å². The van der Waals surface area contributed by atoms with Crippen LogP contribution in [0.3, 0.4) is 0 Å². The maximum absolute atomic E-state index is 13.2. The molecule has 0 aromatic heterocycles. The van der Waals surface area contributed by atoms with E-state index in [-0.39, 0.29) is 24.3 Å². The molecule has 1 atom stereocenters. The van der Waals surface area contributed by atoms with Crippen LogP contribution in [0.5, 0.6) is 0 Å². The zero-order valence-corrected chi connectivity index (χ0v) is 18.6. The van der Waals surface area contributed by atoms with E-state index in [1.807, 2.05) is 31.2 Å². The van der Waals surface area contributed by atoms with E-state index in [0.29, 0.717) is 32.2 Å². The van der Waals surface area contributed by atoms with Crippen LogP contribution in [0.15, 0.2) is 48.5 Å². The summed E-state index contributed by atoms with van der Waals surface area (Å²) in [5.41, 5.74) is 3.43. The third kappa shape index (κ3) is 3.46. The summed E-state index contributed by atoms with van der Waals surface area (Å²) in [5, 5.41) is 12.4. The maximum atomic E-state index is 13.2. The molecule has 4 aliphatic rings. The highest BCUT2D eigenvalue weighted by molar-refractivity contribution is 5.93. The molecule has 2 aliphatic heterocycles. The Hall–Kier alpha value is -3.35. The van der Waals surface area contributed by atoms with Crippen molar-refractivity contribution in [2.24, 2.45) is 5.92 Å². The molecule has 1 saturated carbocycles. The molecule has 2 aromatic carbocycles. The van der Waals surface area contributed by atoms with E-state index in [4.69, 9.17) is 4.74 Å². The number of ether oxygens (including phenoxy) is 1. The maximum Gasteiger partial charge on any atom is 0.407 e. The van der Waals surface area contributed by atoms with Crippen molar-refractivity contribution < 1.29 is 24.2 Å². The van der Waals surface area contributed by atoms with Crippen LogP contribution in [-0.2, 0) is 14.3 Å². The van der Waals surface area contributed by atoms with Crippen LogP contribution in [-0.4, -0.2) is 52.7 Å². The van der Waals surface area contributed by atoms with Gasteiger partial charge in [0, 0.05) is 12.5 Å². The fraction of sp³-hybridized carbons (Fsp3) is 0.423. The number of amides is 2. The fourth-order valence-corrected chi connectivity index (χ4v) is 5.79. The molecule has 172 valence electrons. The van der Waals surface area contributed by atoms with Gasteiger partial charge in [-0.2, -0.15) is 0 Å². The van der Waals surface area contributed by atoms with Gasteiger partial charge in [0.2, 0.25) is 5.91 Å². The van der Waals surface area contributed by atoms with Crippen LogP contribution in [0.1, 0.15) is 49.7 Å². The van der Waals surface area contributed by atoms with E-state index in [1.165, 1.54) is 4.90 Å². The monoisotopic (exact) mass is 448 g/mol. The highest BCUT2D eigenvalue weighted by atomic mass is 16.5. The van der Waals surface area contributed by atoms with Gasteiger partial charge in [0.1, 0.15) is 18.2 Å². The molecule has 6 rings (SSSR count). The van der Waals surface area contributed by atoms with E-state index in [2.05, 4.69) is 29.6 Å². The first-order valence-electron chi connectivity index (χ1n) is 11.6. The highest BCUT2D eigenvalue weighted by Crippen LogP contribution is 2.51. The zero-order chi connectivity index (χ0) is 23.2.